The van der Waals surface area contributed by atoms with Gasteiger partial charge in [0.15, 0.2) is 11.6 Å². The summed E-state index contributed by atoms with van der Waals surface area (Å²) in [6, 6.07) is 7.00. The number of pyridine rings is 1. The molecule has 1 aliphatic rings. The Morgan fingerprint density at radius 1 is 1.06 bits per heavy atom. The molecule has 7 nitrogen and oxygen atoms in total. The second-order valence-corrected chi connectivity index (χ2v) is 9.19. The van der Waals surface area contributed by atoms with Crippen LogP contribution in [0.15, 0.2) is 36.7 Å². The SMILES string of the molecule is CCc1c(C(=O)C(C)CC)ccc(-c2ccc(CN3CCN(c4ncc(F)cn4)CC3)c(N)n2)c1F. The van der Waals surface area contributed by atoms with E-state index >= 15 is 4.39 Å². The van der Waals surface area contributed by atoms with E-state index in [0.717, 1.165) is 18.7 Å². The Morgan fingerprint density at radius 2 is 1.75 bits per heavy atom. The van der Waals surface area contributed by atoms with Crippen LogP contribution in [-0.4, -0.2) is 51.8 Å². The van der Waals surface area contributed by atoms with Crippen molar-refractivity contribution in [2.24, 2.45) is 5.92 Å². The van der Waals surface area contributed by atoms with Gasteiger partial charge in [-0.3, -0.25) is 9.69 Å². The van der Waals surface area contributed by atoms with Gasteiger partial charge in [-0.25, -0.2) is 23.7 Å². The lowest BCUT2D eigenvalue weighted by Crippen LogP contribution is -2.46. The van der Waals surface area contributed by atoms with Gasteiger partial charge in [0.1, 0.15) is 11.6 Å². The van der Waals surface area contributed by atoms with Gasteiger partial charge in [0.2, 0.25) is 5.95 Å². The molecule has 0 saturated carbocycles. The largest absolute Gasteiger partial charge is 0.383 e. The Balaban J connectivity index is 1.47. The van der Waals surface area contributed by atoms with Crippen LogP contribution in [0.4, 0.5) is 20.5 Å². The van der Waals surface area contributed by atoms with E-state index in [0.29, 0.717) is 66.6 Å². The monoisotopic (exact) mass is 494 g/mol. The van der Waals surface area contributed by atoms with Crippen molar-refractivity contribution >= 4 is 17.5 Å². The fraction of sp³-hybridized carbons (Fsp3) is 0.407. The summed E-state index contributed by atoms with van der Waals surface area (Å²) >= 11 is 0. The summed E-state index contributed by atoms with van der Waals surface area (Å²) in [4.78, 5) is 29.6. The zero-order valence-corrected chi connectivity index (χ0v) is 21.0. The van der Waals surface area contributed by atoms with Gasteiger partial charge in [-0.15, -0.1) is 0 Å². The van der Waals surface area contributed by atoms with Crippen molar-refractivity contribution in [2.45, 2.75) is 40.2 Å². The number of nitrogens with zero attached hydrogens (tertiary/aromatic N) is 5. The van der Waals surface area contributed by atoms with Gasteiger partial charge in [-0.05, 0) is 30.5 Å². The average Bonchev–Trinajstić information content (AvgIpc) is 2.89. The summed E-state index contributed by atoms with van der Waals surface area (Å²) in [5.41, 5.74) is 8.81. The second kappa shape index (κ2) is 11.1. The number of piperazine rings is 1. The maximum absolute atomic E-state index is 15.5. The summed E-state index contributed by atoms with van der Waals surface area (Å²) < 4.78 is 28.6. The molecule has 3 heterocycles. The van der Waals surface area contributed by atoms with E-state index in [2.05, 4.69) is 19.9 Å². The van der Waals surface area contributed by atoms with Crippen molar-refractivity contribution in [2.75, 3.05) is 36.8 Å². The molecule has 0 radical (unpaired) electrons. The summed E-state index contributed by atoms with van der Waals surface area (Å²) in [7, 11) is 0. The van der Waals surface area contributed by atoms with Crippen molar-refractivity contribution in [1.29, 1.82) is 0 Å². The van der Waals surface area contributed by atoms with Crippen molar-refractivity contribution in [3.05, 3.63) is 65.0 Å². The highest BCUT2D eigenvalue weighted by Gasteiger charge is 2.23. The summed E-state index contributed by atoms with van der Waals surface area (Å²) in [5, 5.41) is 0. The van der Waals surface area contributed by atoms with Gasteiger partial charge >= 0.3 is 0 Å². The highest BCUT2D eigenvalue weighted by atomic mass is 19.1. The topological polar surface area (TPSA) is 88.2 Å². The minimum Gasteiger partial charge on any atom is -0.383 e. The number of hydrogen-bond acceptors (Lipinski definition) is 7. The van der Waals surface area contributed by atoms with Gasteiger partial charge in [-0.2, -0.15) is 0 Å². The number of rotatable bonds is 8. The van der Waals surface area contributed by atoms with Crippen molar-refractivity contribution in [3.8, 4) is 11.3 Å². The first-order chi connectivity index (χ1) is 17.3. The molecule has 3 aromatic rings. The Bertz CT molecular complexity index is 1230. The van der Waals surface area contributed by atoms with Gasteiger partial charge < -0.3 is 10.6 Å². The van der Waals surface area contributed by atoms with Gasteiger partial charge in [0, 0.05) is 55.3 Å². The molecule has 2 N–H and O–H groups in total. The van der Waals surface area contributed by atoms with Crippen LogP contribution in [0.25, 0.3) is 11.3 Å². The number of ketones is 1. The number of benzene rings is 1. The van der Waals surface area contributed by atoms with E-state index in [1.165, 1.54) is 12.4 Å². The molecule has 9 heteroatoms. The number of carbonyl (C=O) groups excluding carboxylic acids is 1. The Kier molecular flexibility index (Phi) is 7.88. The van der Waals surface area contributed by atoms with Crippen LogP contribution >= 0.6 is 0 Å². The maximum Gasteiger partial charge on any atom is 0.225 e. The lowest BCUT2D eigenvalue weighted by molar-refractivity contribution is 0.0926. The number of aromatic nitrogens is 3. The van der Waals surface area contributed by atoms with Crippen LogP contribution < -0.4 is 10.6 Å². The smallest absolute Gasteiger partial charge is 0.225 e. The zero-order chi connectivity index (χ0) is 25.8. The van der Waals surface area contributed by atoms with Crippen LogP contribution in [-0.2, 0) is 13.0 Å². The predicted octanol–water partition coefficient (Wildman–Crippen LogP) is 4.51. The van der Waals surface area contributed by atoms with Crippen molar-refractivity contribution in [3.63, 3.8) is 0 Å². The first kappa shape index (κ1) is 25.6. The first-order valence-electron chi connectivity index (χ1n) is 12.4. The molecule has 2 aromatic heterocycles. The van der Waals surface area contributed by atoms with E-state index in [4.69, 9.17) is 5.73 Å². The molecule has 0 bridgehead atoms. The third kappa shape index (κ3) is 5.36. The molecule has 0 aliphatic carbocycles. The normalized spacial score (nSPS) is 15.2. The molecular formula is C27H32F2N6O. The third-order valence-corrected chi connectivity index (χ3v) is 6.87. The number of halogens is 2. The molecule has 0 spiro atoms. The van der Waals surface area contributed by atoms with Crippen LogP contribution in [0.2, 0.25) is 0 Å². The highest BCUT2D eigenvalue weighted by molar-refractivity contribution is 5.99. The zero-order valence-electron chi connectivity index (χ0n) is 21.0. The number of hydrogen-bond donors (Lipinski definition) is 1. The maximum atomic E-state index is 15.5. The minimum atomic E-state index is -0.454. The number of nitrogen functional groups attached to an aromatic ring is 1. The van der Waals surface area contributed by atoms with E-state index in [1.807, 2.05) is 31.7 Å². The molecule has 1 saturated heterocycles. The lowest BCUT2D eigenvalue weighted by Gasteiger charge is -2.34. The molecule has 1 aliphatic heterocycles. The Hall–Kier alpha value is -3.46. The number of carbonyl (C=O) groups is 1. The van der Waals surface area contributed by atoms with Crippen molar-refractivity contribution < 1.29 is 13.6 Å². The fourth-order valence-corrected chi connectivity index (χ4v) is 4.45. The Morgan fingerprint density at radius 3 is 2.36 bits per heavy atom. The van der Waals surface area contributed by atoms with Crippen LogP contribution in [0.1, 0.15) is 48.7 Å². The quantitative estimate of drug-likeness (QED) is 0.461. The minimum absolute atomic E-state index is 0.0336. The first-order valence-corrected chi connectivity index (χ1v) is 12.4. The molecule has 1 atom stereocenters. The number of anilines is 2. The lowest BCUT2D eigenvalue weighted by atomic mass is 9.90. The van der Waals surface area contributed by atoms with Crippen LogP contribution in [0.5, 0.6) is 0 Å². The molecule has 0 amide bonds. The standard InChI is InChI=1S/C27H32F2N6O/c1-4-17(3)25(36)21-7-8-22(24(29)20(21)5-2)23-9-6-18(26(30)33-23)16-34-10-12-35(13-11-34)27-31-14-19(28)15-32-27/h6-9,14-15,17H,4-5,10-13,16H2,1-3H3,(H2,30,33). The third-order valence-electron chi connectivity index (χ3n) is 6.87. The van der Waals surface area contributed by atoms with E-state index < -0.39 is 11.6 Å². The van der Waals surface area contributed by atoms with Crippen LogP contribution in [0, 0.1) is 17.6 Å². The van der Waals surface area contributed by atoms with E-state index in [-0.39, 0.29) is 11.7 Å². The summed E-state index contributed by atoms with van der Waals surface area (Å²) in [6.07, 6.45) is 3.47. The van der Waals surface area contributed by atoms with Gasteiger partial charge in [0.05, 0.1) is 18.1 Å². The van der Waals surface area contributed by atoms with Crippen molar-refractivity contribution in [1.82, 2.24) is 19.9 Å². The molecule has 1 unspecified atom stereocenters. The Labute approximate surface area is 210 Å². The van der Waals surface area contributed by atoms with E-state index in [1.54, 1.807) is 18.2 Å². The van der Waals surface area contributed by atoms with Gasteiger partial charge in [-0.1, -0.05) is 32.9 Å². The number of nitrogens with two attached hydrogens (primary N) is 1. The molecule has 190 valence electrons. The predicted molar refractivity (Wildman–Crippen MR) is 137 cm³/mol. The van der Waals surface area contributed by atoms with Crippen LogP contribution in [0.3, 0.4) is 0 Å². The summed E-state index contributed by atoms with van der Waals surface area (Å²) in [5.74, 6) is -0.177. The molecular weight excluding hydrogens is 462 g/mol. The molecule has 4 rings (SSSR count). The molecule has 1 fully saturated rings. The van der Waals surface area contributed by atoms with E-state index in [9.17, 15) is 9.18 Å². The van der Waals surface area contributed by atoms with Gasteiger partial charge in [0.25, 0.3) is 0 Å². The number of Topliss-reactive ketones (excluding diaryl/α,β-unsaturated/α-hetero) is 1. The fourth-order valence-electron chi connectivity index (χ4n) is 4.45. The second-order valence-electron chi connectivity index (χ2n) is 9.19. The highest BCUT2D eigenvalue weighted by Crippen LogP contribution is 2.30. The molecule has 36 heavy (non-hydrogen) atoms. The summed E-state index contributed by atoms with van der Waals surface area (Å²) in [6.45, 7) is 9.24. The average molecular weight is 495 g/mol. The molecule has 1 aromatic carbocycles.